The number of carbonyl (C=O) groups is 3. The number of hydrogen-bond acceptors (Lipinski definition) is 3. The first-order valence-electron chi connectivity index (χ1n) is 5.37. The van der Waals surface area contributed by atoms with Gasteiger partial charge in [0.05, 0.1) is 0 Å². The second kappa shape index (κ2) is 4.37. The molecule has 0 bridgehead atoms. The van der Waals surface area contributed by atoms with Crippen molar-refractivity contribution < 1.29 is 14.4 Å². The average molecular weight is 232 g/mol. The summed E-state index contributed by atoms with van der Waals surface area (Å²) in [6.45, 7) is 1.95. The predicted octanol–water partition coefficient (Wildman–Crippen LogP) is 0.699. The van der Waals surface area contributed by atoms with Gasteiger partial charge in [-0.2, -0.15) is 0 Å². The van der Waals surface area contributed by atoms with E-state index in [1.807, 2.05) is 19.1 Å². The van der Waals surface area contributed by atoms with E-state index in [2.05, 4.69) is 10.6 Å². The van der Waals surface area contributed by atoms with Crippen molar-refractivity contribution in [1.29, 1.82) is 0 Å². The van der Waals surface area contributed by atoms with Gasteiger partial charge in [0.15, 0.2) is 0 Å². The lowest BCUT2D eigenvalue weighted by molar-refractivity contribution is -0.132. The van der Waals surface area contributed by atoms with E-state index in [0.717, 1.165) is 12.0 Å². The molecule has 1 saturated heterocycles. The first kappa shape index (κ1) is 11.3. The predicted molar refractivity (Wildman–Crippen MR) is 60.2 cm³/mol. The van der Waals surface area contributed by atoms with E-state index in [1.54, 1.807) is 12.1 Å². The Morgan fingerprint density at radius 1 is 1.06 bits per heavy atom. The summed E-state index contributed by atoms with van der Waals surface area (Å²) in [5, 5.41) is 4.20. The van der Waals surface area contributed by atoms with Crippen LogP contribution in [0.5, 0.6) is 0 Å². The number of urea groups is 1. The minimum Gasteiger partial charge on any atom is -0.277 e. The van der Waals surface area contributed by atoms with Crippen molar-refractivity contribution in [3.63, 3.8) is 0 Å². The quantitative estimate of drug-likeness (QED) is 0.737. The number of nitrogens with one attached hydrogen (secondary N) is 2. The van der Waals surface area contributed by atoms with Gasteiger partial charge in [0.2, 0.25) is 11.8 Å². The molecule has 1 aromatic rings. The maximum Gasteiger partial charge on any atom is 0.328 e. The molecule has 4 amide bonds. The molecule has 0 atom stereocenters. The van der Waals surface area contributed by atoms with Crippen LogP contribution in [0.1, 0.15) is 24.0 Å². The Hall–Kier alpha value is -2.17. The lowest BCUT2D eigenvalue weighted by Crippen LogP contribution is -2.54. The van der Waals surface area contributed by atoms with Crippen molar-refractivity contribution in [3.05, 3.63) is 35.4 Å². The number of aryl methyl sites for hydroxylation is 1. The fourth-order valence-electron chi connectivity index (χ4n) is 1.94. The molecule has 2 N–H and O–H groups in total. The fourth-order valence-corrected chi connectivity index (χ4v) is 1.94. The second-order valence-corrected chi connectivity index (χ2v) is 3.79. The summed E-state index contributed by atoms with van der Waals surface area (Å²) in [4.78, 5) is 34.3. The Labute approximate surface area is 98.2 Å². The van der Waals surface area contributed by atoms with Gasteiger partial charge in [-0.1, -0.05) is 31.2 Å². The first-order valence-corrected chi connectivity index (χ1v) is 5.37. The number of benzene rings is 1. The first-order chi connectivity index (χ1) is 8.13. The standard InChI is InChI=1S/C12H12N2O3/c1-2-7-5-3-4-6-8(7)9-10(15)13-12(17)14-11(9)16/h3-6,9H,2H2,1H3,(H2,13,14,15,16,17). The molecule has 1 heterocycles. The summed E-state index contributed by atoms with van der Waals surface area (Å²) in [5.41, 5.74) is 1.58. The molecule has 2 rings (SSSR count). The molecule has 1 fully saturated rings. The minimum atomic E-state index is -0.941. The van der Waals surface area contributed by atoms with Gasteiger partial charge in [-0.25, -0.2) is 4.79 Å². The SMILES string of the molecule is CCc1ccccc1C1C(=O)NC(=O)NC1=O. The van der Waals surface area contributed by atoms with Crippen LogP contribution in [0.15, 0.2) is 24.3 Å². The van der Waals surface area contributed by atoms with Crippen LogP contribution >= 0.6 is 0 Å². The van der Waals surface area contributed by atoms with E-state index in [9.17, 15) is 14.4 Å². The van der Waals surface area contributed by atoms with Crippen LogP contribution in [0.4, 0.5) is 4.79 Å². The van der Waals surface area contributed by atoms with E-state index >= 15 is 0 Å². The van der Waals surface area contributed by atoms with Crippen LogP contribution in [0.25, 0.3) is 0 Å². The number of amides is 4. The molecule has 1 aliphatic heterocycles. The molecule has 0 unspecified atom stereocenters. The van der Waals surface area contributed by atoms with Crippen molar-refractivity contribution in [2.24, 2.45) is 0 Å². The molecule has 0 aliphatic carbocycles. The van der Waals surface area contributed by atoms with E-state index in [1.165, 1.54) is 0 Å². The Kier molecular flexibility index (Phi) is 2.91. The second-order valence-electron chi connectivity index (χ2n) is 3.79. The summed E-state index contributed by atoms with van der Waals surface area (Å²) in [6, 6.07) is 6.47. The van der Waals surface area contributed by atoms with E-state index in [-0.39, 0.29) is 0 Å². The lowest BCUT2D eigenvalue weighted by Gasteiger charge is -2.22. The van der Waals surface area contributed by atoms with Gasteiger partial charge in [0, 0.05) is 0 Å². The number of carbonyl (C=O) groups excluding carboxylic acids is 3. The maximum absolute atomic E-state index is 11.7. The molecule has 0 spiro atoms. The van der Waals surface area contributed by atoms with Crippen LogP contribution in [-0.4, -0.2) is 17.8 Å². The van der Waals surface area contributed by atoms with E-state index < -0.39 is 23.8 Å². The minimum absolute atomic E-state index is 0.570. The Morgan fingerprint density at radius 3 is 2.24 bits per heavy atom. The summed E-state index contributed by atoms with van der Waals surface area (Å²) < 4.78 is 0. The summed E-state index contributed by atoms with van der Waals surface area (Å²) >= 11 is 0. The molecule has 0 radical (unpaired) electrons. The largest absolute Gasteiger partial charge is 0.328 e. The van der Waals surface area contributed by atoms with Crippen molar-refractivity contribution in [2.45, 2.75) is 19.3 Å². The number of rotatable bonds is 2. The monoisotopic (exact) mass is 232 g/mol. The van der Waals surface area contributed by atoms with Gasteiger partial charge in [0.1, 0.15) is 5.92 Å². The van der Waals surface area contributed by atoms with Crippen LogP contribution in [0.3, 0.4) is 0 Å². The average Bonchev–Trinajstić information content (AvgIpc) is 2.28. The smallest absolute Gasteiger partial charge is 0.277 e. The molecule has 0 saturated carbocycles. The molecular weight excluding hydrogens is 220 g/mol. The van der Waals surface area contributed by atoms with Crippen LogP contribution in [0.2, 0.25) is 0 Å². The summed E-state index contributed by atoms with van der Waals surface area (Å²) in [5.74, 6) is -2.08. The Bertz CT molecular complexity index is 476. The molecule has 5 heteroatoms. The summed E-state index contributed by atoms with van der Waals surface area (Å²) in [6.07, 6.45) is 0.723. The van der Waals surface area contributed by atoms with Crippen molar-refractivity contribution in [3.8, 4) is 0 Å². The van der Waals surface area contributed by atoms with Crippen molar-refractivity contribution in [1.82, 2.24) is 10.6 Å². The zero-order chi connectivity index (χ0) is 12.4. The van der Waals surface area contributed by atoms with Crippen molar-refractivity contribution in [2.75, 3.05) is 0 Å². The van der Waals surface area contributed by atoms with Gasteiger partial charge in [-0.3, -0.25) is 20.2 Å². The zero-order valence-corrected chi connectivity index (χ0v) is 9.32. The molecular formula is C12H12N2O3. The Morgan fingerprint density at radius 2 is 1.65 bits per heavy atom. The Balaban J connectivity index is 2.42. The molecule has 1 aliphatic rings. The van der Waals surface area contributed by atoms with Gasteiger partial charge in [-0.05, 0) is 17.5 Å². The third-order valence-electron chi connectivity index (χ3n) is 2.74. The number of barbiturate groups is 1. The van der Waals surface area contributed by atoms with Crippen LogP contribution in [-0.2, 0) is 16.0 Å². The zero-order valence-electron chi connectivity index (χ0n) is 9.32. The molecule has 5 nitrogen and oxygen atoms in total. The van der Waals surface area contributed by atoms with Gasteiger partial charge in [0.25, 0.3) is 0 Å². The van der Waals surface area contributed by atoms with Gasteiger partial charge >= 0.3 is 6.03 Å². The third kappa shape index (κ3) is 2.04. The lowest BCUT2D eigenvalue weighted by atomic mass is 9.90. The van der Waals surface area contributed by atoms with Crippen molar-refractivity contribution >= 4 is 17.8 Å². The van der Waals surface area contributed by atoms with Crippen LogP contribution < -0.4 is 10.6 Å². The number of hydrogen-bond donors (Lipinski definition) is 2. The highest BCUT2D eigenvalue weighted by Crippen LogP contribution is 2.22. The topological polar surface area (TPSA) is 75.3 Å². The van der Waals surface area contributed by atoms with Gasteiger partial charge in [-0.15, -0.1) is 0 Å². The molecule has 17 heavy (non-hydrogen) atoms. The van der Waals surface area contributed by atoms with Crippen LogP contribution in [0, 0.1) is 0 Å². The fraction of sp³-hybridized carbons (Fsp3) is 0.250. The van der Waals surface area contributed by atoms with E-state index in [0.29, 0.717) is 5.56 Å². The molecule has 1 aromatic carbocycles. The highest BCUT2D eigenvalue weighted by molar-refractivity contribution is 6.19. The summed E-state index contributed by atoms with van der Waals surface area (Å²) in [7, 11) is 0. The molecule has 88 valence electrons. The third-order valence-corrected chi connectivity index (χ3v) is 2.74. The normalized spacial score (nSPS) is 16.6. The maximum atomic E-state index is 11.7. The highest BCUT2D eigenvalue weighted by atomic mass is 16.2. The number of imide groups is 2. The van der Waals surface area contributed by atoms with Gasteiger partial charge < -0.3 is 0 Å². The molecule has 0 aromatic heterocycles. The van der Waals surface area contributed by atoms with E-state index in [4.69, 9.17) is 0 Å². The highest BCUT2D eigenvalue weighted by Gasteiger charge is 2.36.